The summed E-state index contributed by atoms with van der Waals surface area (Å²) in [6.07, 6.45) is 3.51. The number of aromatic amines is 1. The molecule has 0 bridgehead atoms. The van der Waals surface area contributed by atoms with Gasteiger partial charge in [-0.05, 0) is 43.2 Å². The van der Waals surface area contributed by atoms with Crippen molar-refractivity contribution in [2.24, 2.45) is 0 Å². The van der Waals surface area contributed by atoms with E-state index < -0.39 is 5.97 Å². The number of imidazole rings is 1. The number of aromatic nitrogens is 2. The maximum Gasteiger partial charge on any atom is 0.328 e. The van der Waals surface area contributed by atoms with E-state index in [9.17, 15) is 4.79 Å². The number of hydrogen-bond acceptors (Lipinski definition) is 3. The number of fused-ring (bicyclic) bond motifs is 1. The van der Waals surface area contributed by atoms with Gasteiger partial charge in [0.2, 0.25) is 0 Å². The topological polar surface area (TPSA) is 75.2 Å². The predicted octanol–water partition coefficient (Wildman–Crippen LogP) is 4.04. The van der Waals surface area contributed by atoms with Gasteiger partial charge in [-0.2, -0.15) is 0 Å². The number of H-pyrrole nitrogens is 1. The van der Waals surface area contributed by atoms with Crippen molar-refractivity contribution in [2.75, 3.05) is 0 Å². The minimum atomic E-state index is -0.952. The molecule has 25 heavy (non-hydrogen) atoms. The lowest BCUT2D eigenvalue weighted by molar-refractivity contribution is -0.131. The van der Waals surface area contributed by atoms with Gasteiger partial charge >= 0.3 is 5.97 Å². The second kappa shape index (κ2) is 7.21. The Balaban J connectivity index is 1.75. The van der Waals surface area contributed by atoms with Gasteiger partial charge in [0, 0.05) is 18.6 Å². The maximum atomic E-state index is 10.5. The molecule has 0 fully saturated rings. The standard InChI is InChI=1S/C20H20N2O3/c1-13(2)25-16-8-9-17-18(12-16)22-19(21-17)11-15-5-3-14(4-6-15)7-10-20(23)24/h3-10,12-13H,11H2,1-2H3,(H,21,22)(H,23,24)/b10-7+. The average molecular weight is 336 g/mol. The van der Waals surface area contributed by atoms with Crippen LogP contribution in [0, 0.1) is 0 Å². The Bertz CT molecular complexity index is 908. The predicted molar refractivity (Wildman–Crippen MR) is 97.8 cm³/mol. The minimum Gasteiger partial charge on any atom is -0.491 e. The van der Waals surface area contributed by atoms with Crippen molar-refractivity contribution in [1.82, 2.24) is 9.97 Å². The molecule has 0 atom stereocenters. The molecule has 0 unspecified atom stereocenters. The first-order chi connectivity index (χ1) is 12.0. The van der Waals surface area contributed by atoms with Gasteiger partial charge in [0.15, 0.2) is 0 Å². The number of ether oxygens (including phenoxy) is 1. The summed E-state index contributed by atoms with van der Waals surface area (Å²) in [5.41, 5.74) is 3.82. The van der Waals surface area contributed by atoms with Crippen LogP contribution in [-0.4, -0.2) is 27.1 Å². The molecule has 0 amide bonds. The minimum absolute atomic E-state index is 0.133. The number of nitrogens with zero attached hydrogens (tertiary/aromatic N) is 1. The molecule has 0 aliphatic carbocycles. The van der Waals surface area contributed by atoms with Gasteiger partial charge in [-0.3, -0.25) is 0 Å². The highest BCUT2D eigenvalue weighted by molar-refractivity contribution is 5.85. The third-order valence-electron chi connectivity index (χ3n) is 3.64. The van der Waals surface area contributed by atoms with E-state index in [1.807, 2.05) is 56.3 Å². The zero-order chi connectivity index (χ0) is 17.8. The molecule has 3 aromatic rings. The van der Waals surface area contributed by atoms with Crippen LogP contribution in [0.5, 0.6) is 5.75 Å². The lowest BCUT2D eigenvalue weighted by atomic mass is 10.1. The molecule has 5 nitrogen and oxygen atoms in total. The van der Waals surface area contributed by atoms with Gasteiger partial charge in [0.05, 0.1) is 17.1 Å². The summed E-state index contributed by atoms with van der Waals surface area (Å²) in [4.78, 5) is 18.5. The molecule has 0 saturated carbocycles. The summed E-state index contributed by atoms with van der Waals surface area (Å²) in [6, 6.07) is 13.6. The van der Waals surface area contributed by atoms with E-state index in [2.05, 4.69) is 9.97 Å². The molecule has 0 spiro atoms. The fraction of sp³-hybridized carbons (Fsp3) is 0.200. The second-order valence-corrected chi connectivity index (χ2v) is 6.12. The lowest BCUT2D eigenvalue weighted by Crippen LogP contribution is -2.05. The fourth-order valence-corrected chi connectivity index (χ4v) is 2.58. The molecular weight excluding hydrogens is 316 g/mol. The largest absolute Gasteiger partial charge is 0.491 e. The van der Waals surface area contributed by atoms with Crippen LogP contribution < -0.4 is 4.74 Å². The van der Waals surface area contributed by atoms with Gasteiger partial charge in [0.25, 0.3) is 0 Å². The Morgan fingerprint density at radius 3 is 2.68 bits per heavy atom. The Labute approximate surface area is 146 Å². The van der Waals surface area contributed by atoms with Gasteiger partial charge in [-0.25, -0.2) is 9.78 Å². The second-order valence-electron chi connectivity index (χ2n) is 6.12. The smallest absolute Gasteiger partial charge is 0.328 e. The van der Waals surface area contributed by atoms with Crippen LogP contribution in [0.3, 0.4) is 0 Å². The van der Waals surface area contributed by atoms with E-state index in [4.69, 9.17) is 9.84 Å². The first kappa shape index (κ1) is 16.8. The van der Waals surface area contributed by atoms with Crippen molar-refractivity contribution in [2.45, 2.75) is 26.4 Å². The molecule has 0 radical (unpaired) electrons. The molecule has 1 heterocycles. The maximum absolute atomic E-state index is 10.5. The number of carboxylic acid groups (broad SMARTS) is 1. The summed E-state index contributed by atoms with van der Waals surface area (Å²) >= 11 is 0. The Morgan fingerprint density at radius 1 is 1.24 bits per heavy atom. The molecule has 5 heteroatoms. The molecule has 0 aliphatic heterocycles. The van der Waals surface area contributed by atoms with Crippen molar-refractivity contribution in [1.29, 1.82) is 0 Å². The first-order valence-electron chi connectivity index (χ1n) is 8.15. The van der Waals surface area contributed by atoms with E-state index >= 15 is 0 Å². The van der Waals surface area contributed by atoms with Crippen molar-refractivity contribution in [3.8, 4) is 5.75 Å². The molecular formula is C20H20N2O3. The molecule has 1 aromatic heterocycles. The summed E-state index contributed by atoms with van der Waals surface area (Å²) in [6.45, 7) is 4.00. The molecule has 3 rings (SSSR count). The van der Waals surface area contributed by atoms with Crippen LogP contribution in [0.2, 0.25) is 0 Å². The van der Waals surface area contributed by atoms with Crippen molar-refractivity contribution < 1.29 is 14.6 Å². The van der Waals surface area contributed by atoms with E-state index in [1.165, 1.54) is 0 Å². The summed E-state index contributed by atoms with van der Waals surface area (Å²) in [5, 5.41) is 8.65. The van der Waals surface area contributed by atoms with Crippen LogP contribution >= 0.6 is 0 Å². The van der Waals surface area contributed by atoms with Crippen LogP contribution in [-0.2, 0) is 11.2 Å². The fourth-order valence-electron chi connectivity index (χ4n) is 2.58. The van der Waals surface area contributed by atoms with E-state index in [1.54, 1.807) is 6.08 Å². The van der Waals surface area contributed by atoms with Crippen LogP contribution in [0.4, 0.5) is 0 Å². The molecule has 128 valence electrons. The highest BCUT2D eigenvalue weighted by atomic mass is 16.5. The number of hydrogen-bond donors (Lipinski definition) is 2. The van der Waals surface area contributed by atoms with Crippen LogP contribution in [0.1, 0.15) is 30.8 Å². The highest BCUT2D eigenvalue weighted by Crippen LogP contribution is 2.21. The Kier molecular flexibility index (Phi) is 4.84. The average Bonchev–Trinajstić information content (AvgIpc) is 2.95. The number of aliphatic carboxylic acids is 1. The number of rotatable bonds is 6. The summed E-state index contributed by atoms with van der Waals surface area (Å²) in [7, 11) is 0. The van der Waals surface area contributed by atoms with Gasteiger partial charge < -0.3 is 14.8 Å². The van der Waals surface area contributed by atoms with Gasteiger partial charge in [-0.15, -0.1) is 0 Å². The third kappa shape index (κ3) is 4.47. The van der Waals surface area contributed by atoms with E-state index in [-0.39, 0.29) is 6.10 Å². The lowest BCUT2D eigenvalue weighted by Gasteiger charge is -2.08. The number of carboxylic acids is 1. The van der Waals surface area contributed by atoms with Crippen molar-refractivity contribution in [3.05, 3.63) is 65.5 Å². The number of carbonyl (C=O) groups is 1. The zero-order valence-corrected chi connectivity index (χ0v) is 14.2. The van der Waals surface area contributed by atoms with Gasteiger partial charge in [0.1, 0.15) is 11.6 Å². The molecule has 2 N–H and O–H groups in total. The molecule has 2 aromatic carbocycles. The summed E-state index contributed by atoms with van der Waals surface area (Å²) < 4.78 is 5.71. The van der Waals surface area contributed by atoms with E-state index in [0.29, 0.717) is 6.42 Å². The monoisotopic (exact) mass is 336 g/mol. The number of benzene rings is 2. The highest BCUT2D eigenvalue weighted by Gasteiger charge is 2.06. The molecule has 0 aliphatic rings. The SMILES string of the molecule is CC(C)Oc1ccc2nc(Cc3ccc(/C=C/C(=O)O)cc3)[nH]c2c1. The summed E-state index contributed by atoms with van der Waals surface area (Å²) in [5.74, 6) is 0.755. The van der Waals surface area contributed by atoms with Gasteiger partial charge in [-0.1, -0.05) is 24.3 Å². The van der Waals surface area contributed by atoms with Crippen molar-refractivity contribution >= 4 is 23.1 Å². The Morgan fingerprint density at radius 2 is 2.00 bits per heavy atom. The zero-order valence-electron chi connectivity index (χ0n) is 14.2. The third-order valence-corrected chi connectivity index (χ3v) is 3.64. The van der Waals surface area contributed by atoms with E-state index in [0.717, 1.165) is 39.8 Å². The Hall–Kier alpha value is -3.08. The van der Waals surface area contributed by atoms with Crippen LogP contribution in [0.15, 0.2) is 48.5 Å². The normalized spacial score (nSPS) is 11.5. The number of nitrogens with one attached hydrogen (secondary N) is 1. The van der Waals surface area contributed by atoms with Crippen molar-refractivity contribution in [3.63, 3.8) is 0 Å². The quantitative estimate of drug-likeness (QED) is 0.666. The molecule has 0 saturated heterocycles. The first-order valence-corrected chi connectivity index (χ1v) is 8.15. The van der Waals surface area contributed by atoms with Crippen LogP contribution in [0.25, 0.3) is 17.1 Å².